The van der Waals surface area contributed by atoms with Crippen LogP contribution in [0.5, 0.6) is 0 Å². The highest BCUT2D eigenvalue weighted by molar-refractivity contribution is 6.04. The van der Waals surface area contributed by atoms with Gasteiger partial charge in [0.2, 0.25) is 0 Å². The van der Waals surface area contributed by atoms with Crippen molar-refractivity contribution in [2.24, 2.45) is 0 Å². The molecule has 2 aromatic heterocycles. The molecule has 0 saturated carbocycles. The fourth-order valence-corrected chi connectivity index (χ4v) is 4.84. The second kappa shape index (κ2) is 9.81. The summed E-state index contributed by atoms with van der Waals surface area (Å²) in [5.74, 6) is 0.109. The second-order valence-corrected chi connectivity index (χ2v) is 9.00. The number of aromatic nitrogens is 4. The van der Waals surface area contributed by atoms with Crippen molar-refractivity contribution >= 4 is 17.7 Å². The summed E-state index contributed by atoms with van der Waals surface area (Å²) in [6, 6.07) is 15.7. The molecule has 4 aromatic rings. The average molecular weight is 484 g/mol. The number of rotatable bonds is 6. The Labute approximate surface area is 209 Å². The largest absolute Gasteiger partial charge is 0.462 e. The lowest BCUT2D eigenvalue weighted by atomic mass is 9.88. The highest BCUT2D eigenvalue weighted by atomic mass is 16.5. The van der Waals surface area contributed by atoms with E-state index in [0.717, 1.165) is 30.5 Å². The number of carbonyl (C=O) groups excluding carboxylic acids is 2. The number of carbonyl (C=O) groups is 2. The van der Waals surface area contributed by atoms with Crippen LogP contribution in [-0.4, -0.2) is 38.0 Å². The standard InChI is InChI=1S/C28H29N5O3/c1-4-36-28(35)24-17-30-32(19(24)3)22-14-12-21(13-15-22)27(34)31-26-18(2)16-29-33(26)25-11-7-9-20-8-5-6-10-23(20)25/h5-6,8,10,12-17,25H,4,7,9,11H2,1-3H3,(H,31,34). The Morgan fingerprint density at radius 1 is 1.06 bits per heavy atom. The summed E-state index contributed by atoms with van der Waals surface area (Å²) in [5.41, 5.74) is 5.90. The van der Waals surface area contributed by atoms with Crippen molar-refractivity contribution in [3.8, 4) is 5.69 Å². The van der Waals surface area contributed by atoms with Crippen LogP contribution in [0, 0.1) is 13.8 Å². The zero-order valence-electron chi connectivity index (χ0n) is 20.7. The maximum atomic E-state index is 13.2. The number of aryl methyl sites for hydroxylation is 2. The molecular weight excluding hydrogens is 454 g/mol. The van der Waals surface area contributed by atoms with E-state index in [1.54, 1.807) is 29.9 Å². The van der Waals surface area contributed by atoms with Gasteiger partial charge in [0.15, 0.2) is 0 Å². The molecule has 2 aromatic carbocycles. The Hall–Kier alpha value is -4.20. The molecule has 2 heterocycles. The third kappa shape index (κ3) is 4.30. The number of nitrogens with one attached hydrogen (secondary N) is 1. The summed E-state index contributed by atoms with van der Waals surface area (Å²) in [5, 5.41) is 12.0. The van der Waals surface area contributed by atoms with Crippen LogP contribution in [0.25, 0.3) is 5.69 Å². The minimum atomic E-state index is -0.398. The molecule has 8 nitrogen and oxygen atoms in total. The van der Waals surface area contributed by atoms with E-state index in [1.807, 2.05) is 30.7 Å². The molecule has 1 atom stereocenters. The van der Waals surface area contributed by atoms with Crippen LogP contribution in [0.4, 0.5) is 5.82 Å². The number of amides is 1. The van der Waals surface area contributed by atoms with Gasteiger partial charge in [-0.05, 0) is 75.4 Å². The molecule has 0 fully saturated rings. The fraction of sp³-hybridized carbons (Fsp3) is 0.286. The molecule has 8 heteroatoms. The summed E-state index contributed by atoms with van der Waals surface area (Å²) in [6.45, 7) is 5.84. The highest BCUT2D eigenvalue weighted by Gasteiger charge is 2.25. The zero-order chi connectivity index (χ0) is 25.2. The molecule has 184 valence electrons. The van der Waals surface area contributed by atoms with E-state index in [9.17, 15) is 9.59 Å². The third-order valence-corrected chi connectivity index (χ3v) is 6.72. The molecule has 1 aliphatic rings. The van der Waals surface area contributed by atoms with Gasteiger partial charge in [0.25, 0.3) is 5.91 Å². The molecule has 1 aliphatic carbocycles. The van der Waals surface area contributed by atoms with Crippen LogP contribution in [-0.2, 0) is 11.2 Å². The number of esters is 1. The molecule has 5 rings (SSSR count). The Kier molecular flexibility index (Phi) is 6.41. The number of hydrogen-bond donors (Lipinski definition) is 1. The van der Waals surface area contributed by atoms with E-state index in [2.05, 4.69) is 39.8 Å². The Morgan fingerprint density at radius 2 is 1.83 bits per heavy atom. The van der Waals surface area contributed by atoms with Crippen molar-refractivity contribution in [3.63, 3.8) is 0 Å². The molecule has 0 aliphatic heterocycles. The van der Waals surface area contributed by atoms with E-state index in [4.69, 9.17) is 4.74 Å². The number of benzene rings is 2. The first kappa shape index (κ1) is 23.5. The van der Waals surface area contributed by atoms with Crippen LogP contribution in [0.3, 0.4) is 0 Å². The smallest absolute Gasteiger partial charge is 0.341 e. The number of anilines is 1. The first-order valence-electron chi connectivity index (χ1n) is 12.2. The van der Waals surface area contributed by atoms with Crippen LogP contribution in [0.2, 0.25) is 0 Å². The van der Waals surface area contributed by atoms with Gasteiger partial charge in [-0.3, -0.25) is 4.79 Å². The van der Waals surface area contributed by atoms with Crippen LogP contribution < -0.4 is 5.32 Å². The van der Waals surface area contributed by atoms with Crippen molar-refractivity contribution in [1.82, 2.24) is 19.6 Å². The van der Waals surface area contributed by atoms with E-state index in [0.29, 0.717) is 29.2 Å². The maximum absolute atomic E-state index is 13.2. The van der Waals surface area contributed by atoms with Gasteiger partial charge in [-0.15, -0.1) is 0 Å². The van der Waals surface area contributed by atoms with Gasteiger partial charge in [0, 0.05) is 11.1 Å². The molecule has 36 heavy (non-hydrogen) atoms. The molecular formula is C28H29N5O3. The maximum Gasteiger partial charge on any atom is 0.341 e. The van der Waals surface area contributed by atoms with Crippen LogP contribution >= 0.6 is 0 Å². The number of ether oxygens (including phenoxy) is 1. The van der Waals surface area contributed by atoms with E-state index < -0.39 is 5.97 Å². The first-order valence-corrected chi connectivity index (χ1v) is 12.2. The molecule has 1 unspecified atom stereocenters. The SMILES string of the molecule is CCOC(=O)c1cnn(-c2ccc(C(=O)Nc3c(C)cnn3C3CCCc4ccccc43)cc2)c1C. The van der Waals surface area contributed by atoms with E-state index in [1.165, 1.54) is 17.3 Å². The van der Waals surface area contributed by atoms with Crippen molar-refractivity contribution in [2.45, 2.75) is 46.1 Å². The predicted molar refractivity (Wildman–Crippen MR) is 137 cm³/mol. The third-order valence-electron chi connectivity index (χ3n) is 6.72. The first-order chi connectivity index (χ1) is 17.5. The summed E-state index contributed by atoms with van der Waals surface area (Å²) in [6.07, 6.45) is 6.43. The Balaban J connectivity index is 1.36. The van der Waals surface area contributed by atoms with Crippen molar-refractivity contribution in [1.29, 1.82) is 0 Å². The minimum Gasteiger partial charge on any atom is -0.462 e. The van der Waals surface area contributed by atoms with E-state index >= 15 is 0 Å². The zero-order valence-corrected chi connectivity index (χ0v) is 20.7. The number of hydrogen-bond acceptors (Lipinski definition) is 5. The molecule has 0 bridgehead atoms. The average Bonchev–Trinajstić information content (AvgIpc) is 3.46. The van der Waals surface area contributed by atoms with Gasteiger partial charge >= 0.3 is 5.97 Å². The minimum absolute atomic E-state index is 0.0951. The van der Waals surface area contributed by atoms with Crippen LogP contribution in [0.15, 0.2) is 60.9 Å². The Bertz CT molecular complexity index is 1420. The molecule has 1 amide bonds. The lowest BCUT2D eigenvalue weighted by molar-refractivity contribution is 0.0525. The normalized spacial score (nSPS) is 14.8. The van der Waals surface area contributed by atoms with Crippen molar-refractivity contribution in [2.75, 3.05) is 11.9 Å². The highest BCUT2D eigenvalue weighted by Crippen LogP contribution is 2.35. The van der Waals surface area contributed by atoms with Gasteiger partial charge in [0.05, 0.1) is 36.4 Å². The predicted octanol–water partition coefficient (Wildman–Crippen LogP) is 5.04. The lowest BCUT2D eigenvalue weighted by Gasteiger charge is -2.27. The summed E-state index contributed by atoms with van der Waals surface area (Å²) in [7, 11) is 0. The summed E-state index contributed by atoms with van der Waals surface area (Å²) < 4.78 is 8.70. The molecule has 1 N–H and O–H groups in total. The van der Waals surface area contributed by atoms with Crippen LogP contribution in [0.1, 0.15) is 68.9 Å². The van der Waals surface area contributed by atoms with Gasteiger partial charge in [0.1, 0.15) is 11.4 Å². The summed E-state index contributed by atoms with van der Waals surface area (Å²) in [4.78, 5) is 25.3. The van der Waals surface area contributed by atoms with Gasteiger partial charge in [-0.25, -0.2) is 14.2 Å². The Morgan fingerprint density at radius 3 is 2.61 bits per heavy atom. The summed E-state index contributed by atoms with van der Waals surface area (Å²) >= 11 is 0. The second-order valence-electron chi connectivity index (χ2n) is 9.00. The van der Waals surface area contributed by atoms with Crippen molar-refractivity contribution < 1.29 is 14.3 Å². The van der Waals surface area contributed by atoms with Crippen molar-refractivity contribution in [3.05, 3.63) is 94.4 Å². The number of nitrogens with zero attached hydrogens (tertiary/aromatic N) is 4. The fourth-order valence-electron chi connectivity index (χ4n) is 4.84. The van der Waals surface area contributed by atoms with Gasteiger partial charge in [-0.1, -0.05) is 24.3 Å². The van der Waals surface area contributed by atoms with E-state index in [-0.39, 0.29) is 11.9 Å². The quantitative estimate of drug-likeness (QED) is 0.388. The molecule has 0 radical (unpaired) electrons. The van der Waals surface area contributed by atoms with Gasteiger partial charge in [-0.2, -0.15) is 10.2 Å². The number of fused-ring (bicyclic) bond motifs is 1. The van der Waals surface area contributed by atoms with Gasteiger partial charge < -0.3 is 10.1 Å². The lowest BCUT2D eigenvalue weighted by Crippen LogP contribution is -2.22. The monoisotopic (exact) mass is 483 g/mol. The molecule has 0 saturated heterocycles. The topological polar surface area (TPSA) is 91.0 Å². The molecule has 0 spiro atoms.